The van der Waals surface area contributed by atoms with Gasteiger partial charge in [-0.15, -0.1) is 0 Å². The number of hydrogen-bond acceptors (Lipinski definition) is 4. The maximum Gasteiger partial charge on any atom is 0.325 e. The van der Waals surface area contributed by atoms with Crippen LogP contribution in [-0.2, 0) is 16.1 Å². The number of aryl methyl sites for hydroxylation is 1. The summed E-state index contributed by atoms with van der Waals surface area (Å²) in [6.07, 6.45) is 1.66. The Morgan fingerprint density at radius 2 is 1.96 bits per heavy atom. The number of benzene rings is 1. The van der Waals surface area contributed by atoms with Crippen LogP contribution >= 0.6 is 0 Å². The minimum Gasteiger partial charge on any atom is -0.350 e. The average Bonchev–Trinajstić information content (AvgIpc) is 2.86. The first-order chi connectivity index (χ1) is 12.4. The molecule has 2 fully saturated rings. The van der Waals surface area contributed by atoms with Crippen molar-refractivity contribution < 1.29 is 14.4 Å². The van der Waals surface area contributed by atoms with Crippen LogP contribution in [-0.4, -0.2) is 47.9 Å². The lowest BCUT2D eigenvalue weighted by atomic mass is 9.79. The summed E-state index contributed by atoms with van der Waals surface area (Å²) < 4.78 is 0. The monoisotopic (exact) mass is 358 g/mol. The van der Waals surface area contributed by atoms with Crippen LogP contribution in [0.4, 0.5) is 4.79 Å². The highest BCUT2D eigenvalue weighted by atomic mass is 16.2. The minimum absolute atomic E-state index is 0.0835. The molecule has 0 unspecified atom stereocenters. The molecule has 26 heavy (non-hydrogen) atoms. The van der Waals surface area contributed by atoms with Crippen LogP contribution in [0.25, 0.3) is 0 Å². The van der Waals surface area contributed by atoms with Crippen LogP contribution in [0.15, 0.2) is 24.3 Å². The van der Waals surface area contributed by atoms with Crippen LogP contribution in [0.1, 0.15) is 30.9 Å². The van der Waals surface area contributed by atoms with E-state index in [-0.39, 0.29) is 24.3 Å². The van der Waals surface area contributed by atoms with Crippen molar-refractivity contribution in [1.82, 2.24) is 20.9 Å². The zero-order valence-corrected chi connectivity index (χ0v) is 15.3. The summed E-state index contributed by atoms with van der Waals surface area (Å²) in [7, 11) is 0. The second-order valence-electron chi connectivity index (χ2n) is 7.25. The van der Waals surface area contributed by atoms with E-state index < -0.39 is 11.6 Å². The number of piperidine rings is 1. The number of rotatable bonds is 5. The lowest BCUT2D eigenvalue weighted by molar-refractivity contribution is -0.136. The quantitative estimate of drug-likeness (QED) is 0.683. The van der Waals surface area contributed by atoms with E-state index in [9.17, 15) is 14.4 Å². The van der Waals surface area contributed by atoms with Gasteiger partial charge >= 0.3 is 6.03 Å². The lowest BCUT2D eigenvalue weighted by Gasteiger charge is -2.34. The smallest absolute Gasteiger partial charge is 0.325 e. The number of nitrogens with zero attached hydrogens (tertiary/aromatic N) is 1. The Labute approximate surface area is 153 Å². The van der Waals surface area contributed by atoms with Gasteiger partial charge in [0.15, 0.2) is 0 Å². The molecule has 2 heterocycles. The van der Waals surface area contributed by atoms with Crippen LogP contribution in [0.3, 0.4) is 0 Å². The fourth-order valence-electron chi connectivity index (χ4n) is 3.74. The van der Waals surface area contributed by atoms with E-state index in [0.717, 1.165) is 42.0 Å². The van der Waals surface area contributed by atoms with Crippen molar-refractivity contribution in [2.24, 2.45) is 5.92 Å². The molecular weight excluding hydrogens is 332 g/mol. The molecule has 2 aliphatic rings. The van der Waals surface area contributed by atoms with Crippen molar-refractivity contribution in [2.45, 2.75) is 38.8 Å². The molecule has 140 valence electrons. The molecule has 2 saturated heterocycles. The van der Waals surface area contributed by atoms with Gasteiger partial charge in [-0.1, -0.05) is 24.3 Å². The maximum atomic E-state index is 12.8. The van der Waals surface area contributed by atoms with Gasteiger partial charge in [-0.2, -0.15) is 0 Å². The van der Waals surface area contributed by atoms with Crippen LogP contribution in [0.5, 0.6) is 0 Å². The highest BCUT2D eigenvalue weighted by molar-refractivity contribution is 6.09. The Morgan fingerprint density at radius 1 is 1.27 bits per heavy atom. The standard InChI is InChI=1S/C19H26N4O3/c1-13-5-3-4-6-14(13)11-21-16(24)12-23-17(25)19(2,22-18(23)26)15-7-9-20-10-8-15/h3-6,15,20H,7-12H2,1-2H3,(H,21,24)(H,22,26)/t19-/m1/s1. The highest BCUT2D eigenvalue weighted by Crippen LogP contribution is 2.31. The molecule has 0 radical (unpaired) electrons. The normalized spacial score (nSPS) is 23.8. The molecule has 4 amide bonds. The maximum absolute atomic E-state index is 12.8. The predicted octanol–water partition coefficient (Wildman–Crippen LogP) is 0.921. The third-order valence-electron chi connectivity index (χ3n) is 5.50. The van der Waals surface area contributed by atoms with Crippen molar-refractivity contribution in [3.05, 3.63) is 35.4 Å². The van der Waals surface area contributed by atoms with E-state index in [0.29, 0.717) is 6.54 Å². The lowest BCUT2D eigenvalue weighted by Crippen LogP contribution is -2.53. The molecule has 7 heteroatoms. The largest absolute Gasteiger partial charge is 0.350 e. The summed E-state index contributed by atoms with van der Waals surface area (Å²) in [5, 5.41) is 8.87. The van der Waals surface area contributed by atoms with Gasteiger partial charge in [0.1, 0.15) is 12.1 Å². The third kappa shape index (κ3) is 3.58. The Hall–Kier alpha value is -2.41. The predicted molar refractivity (Wildman–Crippen MR) is 97.3 cm³/mol. The number of carbonyl (C=O) groups excluding carboxylic acids is 3. The SMILES string of the molecule is Cc1ccccc1CNC(=O)CN1C(=O)N[C@](C)(C2CCNCC2)C1=O. The van der Waals surface area contributed by atoms with E-state index >= 15 is 0 Å². The van der Waals surface area contributed by atoms with E-state index in [4.69, 9.17) is 0 Å². The minimum atomic E-state index is -0.921. The molecular formula is C19H26N4O3. The number of carbonyl (C=O) groups is 3. The first-order valence-corrected chi connectivity index (χ1v) is 9.08. The van der Waals surface area contributed by atoms with Crippen molar-refractivity contribution in [3.8, 4) is 0 Å². The van der Waals surface area contributed by atoms with E-state index in [2.05, 4.69) is 16.0 Å². The number of urea groups is 1. The van der Waals surface area contributed by atoms with Gasteiger partial charge in [-0.3, -0.25) is 14.5 Å². The number of imide groups is 1. The first kappa shape index (κ1) is 18.4. The van der Waals surface area contributed by atoms with Gasteiger partial charge in [0.2, 0.25) is 5.91 Å². The molecule has 0 bridgehead atoms. The van der Waals surface area contributed by atoms with Crippen molar-refractivity contribution >= 4 is 17.8 Å². The summed E-state index contributed by atoms with van der Waals surface area (Å²) in [5.41, 5.74) is 1.18. The zero-order valence-electron chi connectivity index (χ0n) is 15.3. The average molecular weight is 358 g/mol. The van der Waals surface area contributed by atoms with Crippen LogP contribution in [0, 0.1) is 12.8 Å². The highest BCUT2D eigenvalue weighted by Gasteiger charge is 2.52. The summed E-state index contributed by atoms with van der Waals surface area (Å²) in [6.45, 7) is 5.54. The summed E-state index contributed by atoms with van der Waals surface area (Å²) in [4.78, 5) is 38.5. The van der Waals surface area contributed by atoms with Gasteiger partial charge < -0.3 is 16.0 Å². The molecule has 1 aromatic rings. The molecule has 1 aromatic carbocycles. The van der Waals surface area contributed by atoms with Crippen molar-refractivity contribution in [2.75, 3.05) is 19.6 Å². The topological polar surface area (TPSA) is 90.5 Å². The molecule has 3 N–H and O–H groups in total. The van der Waals surface area contributed by atoms with E-state index in [1.165, 1.54) is 0 Å². The van der Waals surface area contributed by atoms with Crippen molar-refractivity contribution in [3.63, 3.8) is 0 Å². The molecule has 0 aromatic heterocycles. The van der Waals surface area contributed by atoms with E-state index in [1.54, 1.807) is 6.92 Å². The second kappa shape index (κ2) is 7.45. The number of nitrogens with one attached hydrogen (secondary N) is 3. The molecule has 7 nitrogen and oxygen atoms in total. The van der Waals surface area contributed by atoms with Gasteiger partial charge in [-0.05, 0) is 56.8 Å². The summed E-state index contributed by atoms with van der Waals surface area (Å²) >= 11 is 0. The number of hydrogen-bond donors (Lipinski definition) is 3. The zero-order chi connectivity index (χ0) is 18.7. The molecule has 1 atom stereocenters. The Morgan fingerprint density at radius 3 is 2.65 bits per heavy atom. The summed E-state index contributed by atoms with van der Waals surface area (Å²) in [6, 6.07) is 7.29. The molecule has 2 aliphatic heterocycles. The van der Waals surface area contributed by atoms with Crippen molar-refractivity contribution in [1.29, 1.82) is 0 Å². The second-order valence-corrected chi connectivity index (χ2v) is 7.25. The molecule has 3 rings (SSSR count). The van der Waals surface area contributed by atoms with Gasteiger partial charge in [-0.25, -0.2) is 4.79 Å². The molecule has 0 aliphatic carbocycles. The Kier molecular flexibility index (Phi) is 5.27. The van der Waals surface area contributed by atoms with Crippen LogP contribution < -0.4 is 16.0 Å². The fourth-order valence-corrected chi connectivity index (χ4v) is 3.74. The molecule has 0 saturated carbocycles. The first-order valence-electron chi connectivity index (χ1n) is 9.08. The Balaban J connectivity index is 1.60. The molecule has 0 spiro atoms. The fraction of sp³-hybridized carbons (Fsp3) is 0.526. The van der Waals surface area contributed by atoms with Gasteiger partial charge in [0.05, 0.1) is 0 Å². The van der Waals surface area contributed by atoms with E-state index in [1.807, 2.05) is 31.2 Å². The number of amides is 4. The van der Waals surface area contributed by atoms with Gasteiger partial charge in [0.25, 0.3) is 5.91 Å². The van der Waals surface area contributed by atoms with Crippen LogP contribution in [0.2, 0.25) is 0 Å². The Bertz CT molecular complexity index is 714. The summed E-state index contributed by atoms with van der Waals surface area (Å²) in [5.74, 6) is -0.563. The van der Waals surface area contributed by atoms with Gasteiger partial charge in [0, 0.05) is 6.54 Å². The third-order valence-corrected chi connectivity index (χ3v) is 5.50.